The van der Waals surface area contributed by atoms with E-state index in [-0.39, 0.29) is 11.5 Å². The van der Waals surface area contributed by atoms with E-state index in [1.54, 1.807) is 20.1 Å². The highest BCUT2D eigenvalue weighted by atomic mass is 35.5. The van der Waals surface area contributed by atoms with Gasteiger partial charge < -0.3 is 9.64 Å². The molecule has 0 heterocycles. The third-order valence-corrected chi connectivity index (χ3v) is 2.73. The topological polar surface area (TPSA) is 29.5 Å². The zero-order valence-electron chi connectivity index (χ0n) is 10.6. The van der Waals surface area contributed by atoms with Crippen LogP contribution in [0.1, 0.15) is 15.9 Å². The summed E-state index contributed by atoms with van der Waals surface area (Å²) in [4.78, 5) is 13.6. The van der Waals surface area contributed by atoms with Crippen molar-refractivity contribution in [1.82, 2.24) is 4.90 Å². The van der Waals surface area contributed by atoms with E-state index < -0.39 is 5.82 Å². The summed E-state index contributed by atoms with van der Waals surface area (Å²) < 4.78 is 18.6. The number of ether oxygens (including phenoxy) is 1. The third kappa shape index (κ3) is 3.96. The van der Waals surface area contributed by atoms with Crippen molar-refractivity contribution in [1.29, 1.82) is 0 Å². The molecule has 1 aromatic carbocycles. The van der Waals surface area contributed by atoms with Crippen LogP contribution < -0.4 is 0 Å². The summed E-state index contributed by atoms with van der Waals surface area (Å²) in [7, 11) is 1.55. The Kier molecular flexibility index (Phi) is 6.09. The Bertz CT molecular complexity index is 412. The van der Waals surface area contributed by atoms with Crippen LogP contribution in [0.2, 0.25) is 0 Å². The summed E-state index contributed by atoms with van der Waals surface area (Å²) in [6, 6.07) is 4.56. The van der Waals surface area contributed by atoms with Crippen molar-refractivity contribution < 1.29 is 13.9 Å². The average Bonchev–Trinajstić information content (AvgIpc) is 2.33. The number of hydrogen-bond donors (Lipinski definition) is 0. The number of benzene rings is 1. The van der Waals surface area contributed by atoms with Gasteiger partial charge in [-0.2, -0.15) is 0 Å². The summed E-state index contributed by atoms with van der Waals surface area (Å²) in [6.07, 6.45) is 0. The molecule has 1 amide bonds. The first kappa shape index (κ1) is 14.9. The number of hydrogen-bond acceptors (Lipinski definition) is 2. The Hall–Kier alpha value is -1.13. The highest BCUT2D eigenvalue weighted by Crippen LogP contribution is 2.12. The second kappa shape index (κ2) is 7.34. The maximum Gasteiger partial charge on any atom is 0.256 e. The van der Waals surface area contributed by atoms with Crippen LogP contribution in [-0.4, -0.2) is 43.5 Å². The molecule has 0 aliphatic rings. The van der Waals surface area contributed by atoms with Crippen LogP contribution in [0.5, 0.6) is 0 Å². The number of carbonyl (C=O) groups excluding carboxylic acids is 1. The molecule has 100 valence electrons. The Morgan fingerprint density at radius 3 is 2.72 bits per heavy atom. The van der Waals surface area contributed by atoms with Gasteiger partial charge in [0.15, 0.2) is 0 Å². The lowest BCUT2D eigenvalue weighted by Crippen LogP contribution is -2.36. The van der Waals surface area contributed by atoms with Crippen LogP contribution in [-0.2, 0) is 4.74 Å². The maximum atomic E-state index is 13.7. The Balaban J connectivity index is 2.87. The number of halogens is 2. The number of methoxy groups -OCH3 is 1. The van der Waals surface area contributed by atoms with E-state index in [2.05, 4.69) is 0 Å². The number of rotatable bonds is 6. The van der Waals surface area contributed by atoms with Crippen LogP contribution in [0, 0.1) is 12.7 Å². The minimum Gasteiger partial charge on any atom is -0.383 e. The van der Waals surface area contributed by atoms with E-state index in [1.165, 1.54) is 17.0 Å². The quantitative estimate of drug-likeness (QED) is 0.745. The lowest BCUT2D eigenvalue weighted by molar-refractivity contribution is 0.0703. The molecule has 5 heteroatoms. The number of alkyl halides is 1. The van der Waals surface area contributed by atoms with Gasteiger partial charge in [0.1, 0.15) is 5.82 Å². The van der Waals surface area contributed by atoms with Gasteiger partial charge in [0, 0.05) is 26.1 Å². The predicted molar refractivity (Wildman–Crippen MR) is 69.6 cm³/mol. The van der Waals surface area contributed by atoms with Gasteiger partial charge in [0.2, 0.25) is 0 Å². The molecule has 0 fully saturated rings. The minimum absolute atomic E-state index is 0.0711. The largest absolute Gasteiger partial charge is 0.383 e. The molecule has 18 heavy (non-hydrogen) atoms. The molecule has 0 aliphatic heterocycles. The molecule has 0 saturated carbocycles. The molecule has 0 spiro atoms. The van der Waals surface area contributed by atoms with Gasteiger partial charge in [-0.1, -0.05) is 6.07 Å². The van der Waals surface area contributed by atoms with Gasteiger partial charge in [0.05, 0.1) is 12.2 Å². The van der Waals surface area contributed by atoms with Crippen molar-refractivity contribution in [2.75, 3.05) is 32.7 Å². The van der Waals surface area contributed by atoms with Crippen LogP contribution in [0.3, 0.4) is 0 Å². The summed E-state index contributed by atoms with van der Waals surface area (Å²) in [5, 5.41) is 0. The van der Waals surface area contributed by atoms with Crippen molar-refractivity contribution in [3.05, 3.63) is 35.1 Å². The normalized spacial score (nSPS) is 10.4. The van der Waals surface area contributed by atoms with E-state index in [0.29, 0.717) is 25.6 Å². The van der Waals surface area contributed by atoms with Gasteiger partial charge in [-0.3, -0.25) is 4.79 Å². The molecule has 0 atom stereocenters. The third-order valence-electron chi connectivity index (χ3n) is 2.56. The Morgan fingerprint density at radius 1 is 1.44 bits per heavy atom. The Labute approximate surface area is 111 Å². The fraction of sp³-hybridized carbons (Fsp3) is 0.462. The van der Waals surface area contributed by atoms with Crippen molar-refractivity contribution in [3.8, 4) is 0 Å². The molecular formula is C13H17ClFNO2. The monoisotopic (exact) mass is 273 g/mol. The molecule has 1 rings (SSSR count). The van der Waals surface area contributed by atoms with Crippen LogP contribution in [0.15, 0.2) is 18.2 Å². The summed E-state index contributed by atoms with van der Waals surface area (Å²) >= 11 is 5.64. The predicted octanol–water partition coefficient (Wildman–Crippen LogP) is 2.46. The number of nitrogens with zero attached hydrogens (tertiary/aromatic N) is 1. The van der Waals surface area contributed by atoms with Gasteiger partial charge >= 0.3 is 0 Å². The number of amides is 1. The first-order chi connectivity index (χ1) is 8.60. The van der Waals surface area contributed by atoms with E-state index >= 15 is 0 Å². The van der Waals surface area contributed by atoms with Crippen molar-refractivity contribution in [2.24, 2.45) is 0 Å². The standard InChI is InChI=1S/C13H17ClFNO2/c1-10-3-4-11(12(15)9-10)13(17)16(6-5-14)7-8-18-2/h3-4,9H,5-8H2,1-2H3. The van der Waals surface area contributed by atoms with Gasteiger partial charge in [-0.15, -0.1) is 11.6 Å². The Morgan fingerprint density at radius 2 is 2.17 bits per heavy atom. The first-order valence-electron chi connectivity index (χ1n) is 5.70. The summed E-state index contributed by atoms with van der Waals surface area (Å²) in [6.45, 7) is 2.95. The zero-order valence-corrected chi connectivity index (χ0v) is 11.3. The van der Waals surface area contributed by atoms with E-state index in [9.17, 15) is 9.18 Å². The van der Waals surface area contributed by atoms with Crippen LogP contribution in [0.4, 0.5) is 4.39 Å². The molecule has 0 bridgehead atoms. The van der Waals surface area contributed by atoms with Crippen molar-refractivity contribution in [3.63, 3.8) is 0 Å². The van der Waals surface area contributed by atoms with Gasteiger partial charge in [-0.05, 0) is 24.6 Å². The maximum absolute atomic E-state index is 13.7. The highest BCUT2D eigenvalue weighted by Gasteiger charge is 2.18. The van der Waals surface area contributed by atoms with E-state index in [0.717, 1.165) is 5.56 Å². The second-order valence-electron chi connectivity index (χ2n) is 3.96. The average molecular weight is 274 g/mol. The second-order valence-corrected chi connectivity index (χ2v) is 4.34. The molecule has 1 aromatic rings. The molecular weight excluding hydrogens is 257 g/mol. The zero-order chi connectivity index (χ0) is 13.5. The lowest BCUT2D eigenvalue weighted by atomic mass is 10.1. The first-order valence-corrected chi connectivity index (χ1v) is 6.24. The molecule has 0 saturated heterocycles. The van der Waals surface area contributed by atoms with E-state index in [4.69, 9.17) is 16.3 Å². The van der Waals surface area contributed by atoms with E-state index in [1.807, 2.05) is 0 Å². The molecule has 0 aliphatic carbocycles. The summed E-state index contributed by atoms with van der Waals surface area (Å²) in [5.74, 6) is -0.551. The number of carbonyl (C=O) groups is 1. The molecule has 3 nitrogen and oxygen atoms in total. The molecule has 0 radical (unpaired) electrons. The van der Waals surface area contributed by atoms with Crippen LogP contribution >= 0.6 is 11.6 Å². The fourth-order valence-corrected chi connectivity index (χ4v) is 1.79. The SMILES string of the molecule is COCCN(CCCl)C(=O)c1ccc(C)cc1F. The van der Waals surface area contributed by atoms with Gasteiger partial charge in [0.25, 0.3) is 5.91 Å². The molecule has 0 aromatic heterocycles. The smallest absolute Gasteiger partial charge is 0.256 e. The van der Waals surface area contributed by atoms with Crippen LogP contribution in [0.25, 0.3) is 0 Å². The van der Waals surface area contributed by atoms with Gasteiger partial charge in [-0.25, -0.2) is 4.39 Å². The fourth-order valence-electron chi connectivity index (χ4n) is 1.58. The van der Waals surface area contributed by atoms with Crippen molar-refractivity contribution in [2.45, 2.75) is 6.92 Å². The summed E-state index contributed by atoms with van der Waals surface area (Å²) in [5.41, 5.74) is 0.853. The number of aryl methyl sites for hydroxylation is 1. The molecule has 0 unspecified atom stereocenters. The minimum atomic E-state index is -0.503. The molecule has 0 N–H and O–H groups in total. The highest BCUT2D eigenvalue weighted by molar-refractivity contribution is 6.18. The van der Waals surface area contributed by atoms with Crippen molar-refractivity contribution >= 4 is 17.5 Å². The lowest BCUT2D eigenvalue weighted by Gasteiger charge is -2.21.